The number of ether oxygens (including phenoxy) is 1. The van der Waals surface area contributed by atoms with Gasteiger partial charge in [-0.15, -0.1) is 0 Å². The molecule has 0 bridgehead atoms. The number of hydrogen-bond acceptors (Lipinski definition) is 3. The number of rotatable bonds is 33. The molecule has 0 aromatic heterocycles. The fourth-order valence-electron chi connectivity index (χ4n) is 5.23. The van der Waals surface area contributed by atoms with Crippen LogP contribution in [0.5, 0.6) is 0 Å². The van der Waals surface area contributed by atoms with E-state index in [2.05, 4.69) is 62.5 Å². The van der Waals surface area contributed by atoms with Gasteiger partial charge in [0.15, 0.2) is 0 Å². The van der Waals surface area contributed by atoms with Crippen LogP contribution >= 0.6 is 0 Å². The maximum atomic E-state index is 12.7. The Balaban J connectivity index is 4.08. The first kappa shape index (κ1) is 43.2. The van der Waals surface area contributed by atoms with Gasteiger partial charge in [-0.2, -0.15) is 0 Å². The quantitative estimate of drug-likeness (QED) is 0.0535. The van der Waals surface area contributed by atoms with Gasteiger partial charge in [0.05, 0.1) is 0 Å². The third kappa shape index (κ3) is 34.9. The zero-order chi connectivity index (χ0) is 32.9. The molecule has 0 saturated carbocycles. The molecular formula is C41H76N2O2. The molecule has 262 valence electrons. The Morgan fingerprint density at radius 1 is 0.467 bits per heavy atom. The molecule has 4 heteroatoms. The molecule has 0 aliphatic rings. The molecule has 0 radical (unpaired) electrons. The first-order valence-corrected chi connectivity index (χ1v) is 19.3. The molecule has 0 heterocycles. The zero-order valence-electron chi connectivity index (χ0n) is 30.6. The number of carbonyl (C=O) groups excluding carboxylic acids is 1. The van der Waals surface area contributed by atoms with Crippen LogP contribution in [0.3, 0.4) is 0 Å². The summed E-state index contributed by atoms with van der Waals surface area (Å²) in [5, 5.41) is 0. The van der Waals surface area contributed by atoms with Crippen molar-refractivity contribution >= 4 is 6.09 Å². The lowest BCUT2D eigenvalue weighted by Crippen LogP contribution is -2.33. The van der Waals surface area contributed by atoms with Crippen LogP contribution in [0.2, 0.25) is 0 Å². The van der Waals surface area contributed by atoms with E-state index in [1.165, 1.54) is 141 Å². The fraction of sp³-hybridized carbons (Fsp3) is 0.780. The minimum absolute atomic E-state index is 0.216. The third-order valence-electron chi connectivity index (χ3n) is 8.27. The molecule has 0 aliphatic heterocycles. The SMILES string of the molecule is CCCCCCCCC=CCCCCCC=CCN(CC=CCCCCCC=CCCCCCCCC)C(=O)OCCN(C)C. The summed E-state index contributed by atoms with van der Waals surface area (Å²) in [6, 6.07) is 0. The smallest absolute Gasteiger partial charge is 0.410 e. The molecule has 0 rings (SSSR count). The monoisotopic (exact) mass is 629 g/mol. The van der Waals surface area contributed by atoms with Gasteiger partial charge < -0.3 is 14.5 Å². The molecule has 0 N–H and O–H groups in total. The lowest BCUT2D eigenvalue weighted by Gasteiger charge is -2.20. The maximum absolute atomic E-state index is 12.7. The predicted octanol–water partition coefficient (Wildman–Crippen LogP) is 12.6. The molecule has 4 nitrogen and oxygen atoms in total. The number of likely N-dealkylation sites (N-methyl/N-ethyl adjacent to an activating group) is 1. The van der Waals surface area contributed by atoms with E-state index in [9.17, 15) is 4.79 Å². The summed E-state index contributed by atoms with van der Waals surface area (Å²) in [4.78, 5) is 16.6. The molecule has 0 aliphatic carbocycles. The van der Waals surface area contributed by atoms with Gasteiger partial charge in [-0.3, -0.25) is 0 Å². The van der Waals surface area contributed by atoms with Gasteiger partial charge in [0, 0.05) is 19.6 Å². The third-order valence-corrected chi connectivity index (χ3v) is 8.27. The van der Waals surface area contributed by atoms with E-state index in [4.69, 9.17) is 4.74 Å². The molecular weight excluding hydrogens is 552 g/mol. The van der Waals surface area contributed by atoms with Crippen molar-refractivity contribution in [3.05, 3.63) is 48.6 Å². The fourth-order valence-corrected chi connectivity index (χ4v) is 5.23. The van der Waals surface area contributed by atoms with Crippen molar-refractivity contribution in [2.45, 2.75) is 168 Å². The van der Waals surface area contributed by atoms with Crippen LogP contribution < -0.4 is 0 Å². The highest BCUT2D eigenvalue weighted by Gasteiger charge is 2.12. The van der Waals surface area contributed by atoms with E-state index < -0.39 is 0 Å². The Kier molecular flexibility index (Phi) is 35.2. The van der Waals surface area contributed by atoms with Crippen molar-refractivity contribution in [1.29, 1.82) is 0 Å². The molecule has 45 heavy (non-hydrogen) atoms. The van der Waals surface area contributed by atoms with Crippen LogP contribution in [0.1, 0.15) is 168 Å². The number of nitrogens with zero attached hydrogens (tertiary/aromatic N) is 2. The standard InChI is InChI=1S/C41H76N2O2/c1-5-7-9-11-13-15-17-19-21-23-25-27-29-31-33-35-37-43(41(44)45-40-39-42(3)4)38-36-34-32-30-28-26-24-22-20-18-16-14-12-10-8-6-2/h19-22,33-36H,5-18,23-32,37-40H2,1-4H3. The van der Waals surface area contributed by atoms with Gasteiger partial charge >= 0.3 is 6.09 Å². The van der Waals surface area contributed by atoms with Crippen molar-refractivity contribution < 1.29 is 9.53 Å². The van der Waals surface area contributed by atoms with E-state index in [-0.39, 0.29) is 6.09 Å². The topological polar surface area (TPSA) is 32.8 Å². The normalized spacial score (nSPS) is 12.2. The molecule has 0 aromatic rings. The van der Waals surface area contributed by atoms with Crippen LogP contribution in [0, 0.1) is 0 Å². The minimum Gasteiger partial charge on any atom is -0.448 e. The van der Waals surface area contributed by atoms with Gasteiger partial charge in [-0.25, -0.2) is 4.79 Å². The Labute approximate surface area is 281 Å². The van der Waals surface area contributed by atoms with Crippen LogP contribution in [-0.4, -0.2) is 56.2 Å². The lowest BCUT2D eigenvalue weighted by molar-refractivity contribution is 0.103. The maximum Gasteiger partial charge on any atom is 0.410 e. The van der Waals surface area contributed by atoms with Crippen LogP contribution in [0.4, 0.5) is 4.79 Å². The van der Waals surface area contributed by atoms with Gasteiger partial charge in [0.25, 0.3) is 0 Å². The summed E-state index contributed by atoms with van der Waals surface area (Å²) in [5.41, 5.74) is 0. The molecule has 0 atom stereocenters. The first-order chi connectivity index (χ1) is 22.1. The molecule has 0 spiro atoms. The number of amides is 1. The average Bonchev–Trinajstić information content (AvgIpc) is 3.03. The summed E-state index contributed by atoms with van der Waals surface area (Å²) in [5.74, 6) is 0. The minimum atomic E-state index is -0.216. The van der Waals surface area contributed by atoms with E-state index in [0.717, 1.165) is 19.4 Å². The summed E-state index contributed by atoms with van der Waals surface area (Å²) in [6.07, 6.45) is 49.1. The second-order valence-corrected chi connectivity index (χ2v) is 13.1. The summed E-state index contributed by atoms with van der Waals surface area (Å²) < 4.78 is 5.54. The molecule has 1 amide bonds. The van der Waals surface area contributed by atoms with Gasteiger partial charge in [0.1, 0.15) is 6.61 Å². The molecule has 0 unspecified atom stereocenters. The van der Waals surface area contributed by atoms with E-state index in [1.807, 2.05) is 23.9 Å². The second kappa shape index (κ2) is 36.7. The first-order valence-electron chi connectivity index (χ1n) is 19.3. The van der Waals surface area contributed by atoms with Crippen molar-refractivity contribution in [2.24, 2.45) is 0 Å². The number of allylic oxidation sites excluding steroid dienone is 6. The van der Waals surface area contributed by atoms with E-state index in [0.29, 0.717) is 19.7 Å². The van der Waals surface area contributed by atoms with Crippen LogP contribution in [0.15, 0.2) is 48.6 Å². The highest BCUT2D eigenvalue weighted by Crippen LogP contribution is 2.10. The predicted molar refractivity (Wildman–Crippen MR) is 200 cm³/mol. The average molecular weight is 629 g/mol. The highest BCUT2D eigenvalue weighted by atomic mass is 16.6. The summed E-state index contributed by atoms with van der Waals surface area (Å²) >= 11 is 0. The van der Waals surface area contributed by atoms with Crippen molar-refractivity contribution in [2.75, 3.05) is 40.3 Å². The van der Waals surface area contributed by atoms with Gasteiger partial charge in [0.2, 0.25) is 0 Å². The van der Waals surface area contributed by atoms with Gasteiger partial charge in [-0.05, 0) is 91.1 Å². The van der Waals surface area contributed by atoms with E-state index >= 15 is 0 Å². The Morgan fingerprint density at radius 2 is 0.778 bits per heavy atom. The van der Waals surface area contributed by atoms with Gasteiger partial charge in [-0.1, -0.05) is 140 Å². The second-order valence-electron chi connectivity index (χ2n) is 13.1. The van der Waals surface area contributed by atoms with Crippen molar-refractivity contribution in [3.8, 4) is 0 Å². The molecule has 0 fully saturated rings. The number of unbranched alkanes of at least 4 members (excludes halogenated alkanes) is 20. The largest absolute Gasteiger partial charge is 0.448 e. The van der Waals surface area contributed by atoms with Crippen LogP contribution in [-0.2, 0) is 4.74 Å². The van der Waals surface area contributed by atoms with Crippen LogP contribution in [0.25, 0.3) is 0 Å². The highest BCUT2D eigenvalue weighted by molar-refractivity contribution is 5.68. The Hall–Kier alpha value is -1.81. The lowest BCUT2D eigenvalue weighted by atomic mass is 10.1. The van der Waals surface area contributed by atoms with Crippen molar-refractivity contribution in [3.63, 3.8) is 0 Å². The Morgan fingerprint density at radius 3 is 1.13 bits per heavy atom. The van der Waals surface area contributed by atoms with Crippen molar-refractivity contribution in [1.82, 2.24) is 9.80 Å². The molecule has 0 aromatic carbocycles. The Bertz CT molecular complexity index is 677. The zero-order valence-corrected chi connectivity index (χ0v) is 30.6. The molecule has 0 saturated heterocycles. The van der Waals surface area contributed by atoms with E-state index in [1.54, 1.807) is 0 Å². The summed E-state index contributed by atoms with van der Waals surface area (Å²) in [7, 11) is 3.99. The number of carbonyl (C=O) groups is 1. The number of hydrogen-bond donors (Lipinski definition) is 0. The summed E-state index contributed by atoms with van der Waals surface area (Å²) in [6.45, 7) is 6.94.